The van der Waals surface area contributed by atoms with Gasteiger partial charge in [-0.25, -0.2) is 4.98 Å². The van der Waals surface area contributed by atoms with E-state index in [-0.39, 0.29) is 0 Å². The third kappa shape index (κ3) is 1.21. The second-order valence-corrected chi connectivity index (χ2v) is 6.51. The Morgan fingerprint density at radius 3 is 2.75 bits per heavy atom. The number of anilines is 1. The molecule has 3 aliphatic carbocycles. The number of rotatable bonds is 3. The van der Waals surface area contributed by atoms with Crippen molar-refractivity contribution in [1.29, 1.82) is 0 Å². The molecule has 2 nitrogen and oxygen atoms in total. The minimum Gasteiger partial charge on any atom is -0.358 e. The maximum absolute atomic E-state index is 4.61. The van der Waals surface area contributed by atoms with Crippen molar-refractivity contribution in [1.82, 2.24) is 4.98 Å². The quantitative estimate of drug-likeness (QED) is 0.869. The first-order valence-corrected chi connectivity index (χ1v) is 7.45. The van der Waals surface area contributed by atoms with Gasteiger partial charge in [-0.05, 0) is 49.4 Å². The molecule has 0 aromatic carbocycles. The van der Waals surface area contributed by atoms with Gasteiger partial charge in [0.05, 0.1) is 5.69 Å². The molecule has 0 amide bonds. The van der Waals surface area contributed by atoms with Crippen molar-refractivity contribution >= 4 is 16.5 Å². The van der Waals surface area contributed by atoms with Gasteiger partial charge in [0.1, 0.15) is 0 Å². The van der Waals surface area contributed by atoms with Gasteiger partial charge in [0, 0.05) is 11.4 Å². The lowest BCUT2D eigenvalue weighted by molar-refractivity contribution is 0.456. The van der Waals surface area contributed by atoms with E-state index >= 15 is 0 Å². The van der Waals surface area contributed by atoms with Crippen molar-refractivity contribution in [3.05, 3.63) is 11.1 Å². The molecule has 0 saturated heterocycles. The van der Waals surface area contributed by atoms with Crippen LogP contribution in [0.2, 0.25) is 0 Å². The molecule has 0 radical (unpaired) electrons. The van der Waals surface area contributed by atoms with Gasteiger partial charge < -0.3 is 5.32 Å². The molecule has 3 aliphatic rings. The molecular weight excluding hydrogens is 216 g/mol. The van der Waals surface area contributed by atoms with Crippen LogP contribution in [-0.2, 0) is 6.42 Å². The summed E-state index contributed by atoms with van der Waals surface area (Å²) in [6.45, 7) is 2.17. The molecule has 1 N–H and O–H groups in total. The zero-order valence-electron chi connectivity index (χ0n) is 9.65. The Balaban J connectivity index is 1.46. The van der Waals surface area contributed by atoms with Crippen LogP contribution < -0.4 is 5.32 Å². The normalized spacial score (nSPS) is 43.4. The first kappa shape index (κ1) is 9.46. The average molecular weight is 234 g/mol. The van der Waals surface area contributed by atoms with Gasteiger partial charge in [-0.15, -0.1) is 11.3 Å². The van der Waals surface area contributed by atoms with Crippen LogP contribution >= 0.6 is 11.3 Å². The SMILES string of the molecule is CCc1csc(NC2C3C4CCC(C4)C23)n1. The van der Waals surface area contributed by atoms with Gasteiger partial charge >= 0.3 is 0 Å². The largest absolute Gasteiger partial charge is 0.358 e. The Bertz CT molecular complexity index is 398. The van der Waals surface area contributed by atoms with E-state index in [0.29, 0.717) is 0 Å². The number of thiazole rings is 1. The van der Waals surface area contributed by atoms with Gasteiger partial charge in [0.25, 0.3) is 0 Å². The highest BCUT2D eigenvalue weighted by Gasteiger charge is 2.65. The van der Waals surface area contributed by atoms with Crippen LogP contribution in [0.3, 0.4) is 0 Å². The van der Waals surface area contributed by atoms with Gasteiger partial charge in [-0.2, -0.15) is 0 Å². The number of nitrogens with one attached hydrogen (secondary N) is 1. The minimum atomic E-state index is 0.780. The van der Waals surface area contributed by atoms with Crippen LogP contribution in [0.25, 0.3) is 0 Å². The van der Waals surface area contributed by atoms with Crippen molar-refractivity contribution < 1.29 is 0 Å². The van der Waals surface area contributed by atoms with E-state index in [0.717, 1.165) is 41.3 Å². The highest BCUT2D eigenvalue weighted by molar-refractivity contribution is 7.13. The molecule has 1 aromatic heterocycles. The third-order valence-corrected chi connectivity index (χ3v) is 5.76. The van der Waals surface area contributed by atoms with Crippen molar-refractivity contribution in [2.45, 2.75) is 38.6 Å². The van der Waals surface area contributed by atoms with E-state index < -0.39 is 0 Å². The molecule has 0 aliphatic heterocycles. The van der Waals surface area contributed by atoms with Crippen molar-refractivity contribution in [3.63, 3.8) is 0 Å². The number of hydrogen-bond acceptors (Lipinski definition) is 3. The summed E-state index contributed by atoms with van der Waals surface area (Å²) in [5.74, 6) is 4.12. The molecule has 1 aromatic rings. The summed E-state index contributed by atoms with van der Waals surface area (Å²) in [4.78, 5) is 4.61. The van der Waals surface area contributed by atoms with Crippen molar-refractivity contribution in [3.8, 4) is 0 Å². The fraction of sp³-hybridized carbons (Fsp3) is 0.769. The molecule has 2 bridgehead atoms. The summed E-state index contributed by atoms with van der Waals surface area (Å²) < 4.78 is 0. The molecule has 3 heteroatoms. The van der Waals surface area contributed by atoms with Gasteiger partial charge in [0.15, 0.2) is 5.13 Å². The van der Waals surface area contributed by atoms with Gasteiger partial charge in [-0.3, -0.25) is 0 Å². The number of fused-ring (bicyclic) bond motifs is 5. The molecule has 4 atom stereocenters. The molecule has 3 fully saturated rings. The monoisotopic (exact) mass is 234 g/mol. The van der Waals surface area contributed by atoms with E-state index in [9.17, 15) is 0 Å². The van der Waals surface area contributed by atoms with Crippen LogP contribution in [0.4, 0.5) is 5.13 Å². The molecule has 1 heterocycles. The number of aromatic nitrogens is 1. The molecule has 4 rings (SSSR count). The Hall–Kier alpha value is -0.570. The third-order valence-electron chi connectivity index (χ3n) is 4.94. The highest BCUT2D eigenvalue weighted by atomic mass is 32.1. The van der Waals surface area contributed by atoms with Crippen molar-refractivity contribution in [2.24, 2.45) is 23.7 Å². The fourth-order valence-electron chi connectivity index (χ4n) is 4.20. The Morgan fingerprint density at radius 2 is 2.12 bits per heavy atom. The minimum absolute atomic E-state index is 0.780. The van der Waals surface area contributed by atoms with Crippen LogP contribution in [0.5, 0.6) is 0 Å². The lowest BCUT2D eigenvalue weighted by atomic mass is 10.0. The number of nitrogens with zero attached hydrogens (tertiary/aromatic N) is 1. The summed E-state index contributed by atoms with van der Waals surface area (Å²) >= 11 is 1.78. The molecule has 86 valence electrons. The first-order valence-electron chi connectivity index (χ1n) is 6.57. The summed E-state index contributed by atoms with van der Waals surface area (Å²) in [5.41, 5.74) is 1.24. The zero-order chi connectivity index (χ0) is 10.7. The lowest BCUT2D eigenvalue weighted by Gasteiger charge is -2.09. The standard InChI is InChI=1S/C13H18N2S/c1-2-9-6-16-13(14-9)15-12-10-7-3-4-8(5-7)11(10)12/h6-8,10-12H,2-5H2,1H3,(H,14,15). The highest BCUT2D eigenvalue weighted by Crippen LogP contribution is 2.66. The summed E-state index contributed by atoms with van der Waals surface area (Å²) in [7, 11) is 0. The second kappa shape index (κ2) is 3.22. The molecule has 4 unspecified atom stereocenters. The molecule has 3 saturated carbocycles. The molecular formula is C13H18N2S. The van der Waals surface area contributed by atoms with E-state index in [4.69, 9.17) is 0 Å². The van der Waals surface area contributed by atoms with Crippen LogP contribution in [0.1, 0.15) is 31.9 Å². The summed E-state index contributed by atoms with van der Waals surface area (Å²) in [5, 5.41) is 7.03. The average Bonchev–Trinajstić information content (AvgIpc) is 2.75. The molecule has 16 heavy (non-hydrogen) atoms. The summed E-state index contributed by atoms with van der Waals surface area (Å²) in [6, 6.07) is 0.780. The van der Waals surface area contributed by atoms with Crippen LogP contribution in [0, 0.1) is 23.7 Å². The van der Waals surface area contributed by atoms with Gasteiger partial charge in [-0.1, -0.05) is 6.92 Å². The predicted octanol–water partition coefficient (Wildman–Crippen LogP) is 3.16. The van der Waals surface area contributed by atoms with Crippen LogP contribution in [-0.4, -0.2) is 11.0 Å². The Labute approximate surface area is 100 Å². The second-order valence-electron chi connectivity index (χ2n) is 5.66. The van der Waals surface area contributed by atoms with Gasteiger partial charge in [0.2, 0.25) is 0 Å². The lowest BCUT2D eigenvalue weighted by Crippen LogP contribution is -2.12. The van der Waals surface area contributed by atoms with Crippen molar-refractivity contribution in [2.75, 3.05) is 5.32 Å². The van der Waals surface area contributed by atoms with E-state index in [2.05, 4.69) is 22.6 Å². The maximum Gasteiger partial charge on any atom is 0.183 e. The molecule has 0 spiro atoms. The number of hydrogen-bond donors (Lipinski definition) is 1. The van der Waals surface area contributed by atoms with Crippen LogP contribution in [0.15, 0.2) is 5.38 Å². The van der Waals surface area contributed by atoms with E-state index in [1.807, 2.05) is 0 Å². The zero-order valence-corrected chi connectivity index (χ0v) is 10.5. The Morgan fingerprint density at radius 1 is 1.38 bits per heavy atom. The first-order chi connectivity index (χ1) is 7.86. The van der Waals surface area contributed by atoms with E-state index in [1.54, 1.807) is 11.3 Å². The Kier molecular flexibility index (Phi) is 1.90. The maximum atomic E-state index is 4.61. The topological polar surface area (TPSA) is 24.9 Å². The fourth-order valence-corrected chi connectivity index (χ4v) is 5.04. The summed E-state index contributed by atoms with van der Waals surface area (Å²) in [6.07, 6.45) is 5.59. The number of aryl methyl sites for hydroxylation is 1. The predicted molar refractivity (Wildman–Crippen MR) is 66.7 cm³/mol. The van der Waals surface area contributed by atoms with E-state index in [1.165, 1.54) is 25.0 Å². The smallest absolute Gasteiger partial charge is 0.183 e.